The Morgan fingerprint density at radius 1 is 0.292 bits per heavy atom. The van der Waals surface area contributed by atoms with Crippen molar-refractivity contribution in [3.05, 3.63) is 234 Å². The lowest BCUT2D eigenvalue weighted by Gasteiger charge is -2.26. The monoisotopic (exact) mass is 973 g/mol. The van der Waals surface area contributed by atoms with Gasteiger partial charge in [-0.25, -0.2) is 48.9 Å². The minimum absolute atomic E-state index is 0.276. The van der Waals surface area contributed by atoms with Gasteiger partial charge in [-0.1, -0.05) is 121 Å². The second-order valence-electron chi connectivity index (χ2n) is 16.5. The second kappa shape index (κ2) is 18.0. The molecule has 0 N–H and O–H groups in total. The average molecular weight is 974 g/mol. The summed E-state index contributed by atoms with van der Waals surface area (Å²) in [6.07, 6.45) is 0. The number of hydrogen-bond acceptors (Lipinski definition) is 4. The Morgan fingerprint density at radius 3 is 1.10 bits per heavy atom. The molecule has 5 nitrogen and oxygen atoms in total. The van der Waals surface area contributed by atoms with Crippen LogP contribution in [-0.4, -0.2) is 19.5 Å². The third kappa shape index (κ3) is 7.66. The molecule has 0 aliphatic carbocycles. The Bertz CT molecular complexity index is 3680. The molecule has 0 amide bonds. The number of fused-ring (bicyclic) bond motifs is 3. The summed E-state index contributed by atoms with van der Waals surface area (Å²) >= 11 is 0. The molecule has 0 unspecified atom stereocenters. The Morgan fingerprint density at radius 2 is 0.653 bits per heavy atom. The van der Waals surface area contributed by atoms with E-state index in [0.29, 0.717) is 23.3 Å². The lowest BCUT2D eigenvalue weighted by atomic mass is 10.0. The molecule has 0 fully saturated rings. The topological polar surface area (TPSA) is 46.8 Å². The number of halogens is 10. The Balaban J connectivity index is 1.00. The molecule has 0 aliphatic rings. The largest absolute Gasteiger partial charge is 0.311 e. The lowest BCUT2D eigenvalue weighted by molar-refractivity contribution is 0.381. The fraction of sp³-hybridized carbons (Fsp3) is 0. The molecule has 0 atom stereocenters. The zero-order chi connectivity index (χ0) is 49.9. The van der Waals surface area contributed by atoms with Gasteiger partial charge in [-0.15, -0.1) is 0 Å². The molecule has 72 heavy (non-hydrogen) atoms. The van der Waals surface area contributed by atoms with Crippen LogP contribution in [-0.2, 0) is 0 Å². The zero-order valence-electron chi connectivity index (χ0n) is 36.8. The number of benzene rings is 9. The zero-order valence-corrected chi connectivity index (χ0v) is 36.8. The van der Waals surface area contributed by atoms with E-state index in [1.165, 1.54) is 24.3 Å². The first-order valence-electron chi connectivity index (χ1n) is 21.9. The van der Waals surface area contributed by atoms with Gasteiger partial charge >= 0.3 is 0 Å². The Hall–Kier alpha value is -9.11. The lowest BCUT2D eigenvalue weighted by Crippen LogP contribution is -2.10. The molecule has 11 aromatic rings. The van der Waals surface area contributed by atoms with Gasteiger partial charge < -0.3 is 4.90 Å². The van der Waals surface area contributed by atoms with Crippen molar-refractivity contribution in [3.8, 4) is 62.1 Å². The molecular weight excluding hydrogens is 945 g/mol. The third-order valence-electron chi connectivity index (χ3n) is 12.3. The number of rotatable bonds is 9. The number of anilines is 3. The summed E-state index contributed by atoms with van der Waals surface area (Å²) in [6.45, 7) is 0. The maximum atomic E-state index is 14.9. The molecule has 0 spiro atoms. The SMILES string of the molecule is Fc1c(F)c(F)c(-c2ccc(N(c3ccc(-c4ccc5c(c4)c4ccccc4n5-c4nc(-c5ccccc5)nc(-c5ccccc5)n4)cc3)c3ccc(-c4c(F)c(F)c(F)c(F)c4F)cc3)cc2)c(F)c1F. The fourth-order valence-corrected chi connectivity index (χ4v) is 8.79. The molecule has 0 bridgehead atoms. The van der Waals surface area contributed by atoms with Crippen LogP contribution in [0, 0.1) is 58.2 Å². The van der Waals surface area contributed by atoms with Crippen LogP contribution in [0.2, 0.25) is 0 Å². The molecule has 0 saturated carbocycles. The predicted molar refractivity (Wildman–Crippen MR) is 256 cm³/mol. The van der Waals surface area contributed by atoms with Gasteiger partial charge in [-0.2, -0.15) is 9.97 Å². The van der Waals surface area contributed by atoms with E-state index in [1.54, 1.807) is 17.0 Å². The highest BCUT2D eigenvalue weighted by Gasteiger charge is 2.29. The van der Waals surface area contributed by atoms with E-state index >= 15 is 0 Å². The standard InChI is InChI=1S/C57H29F10N5/c58-45-43(46(59)50(63)53(66)49(45)62)31-17-24-37(25-18-31)71(38-26-19-32(20-27-38)44-47(60)51(64)54(67)52(65)48(44)61)36-22-15-30(16-23-36)35-21-28-42-40(29-35)39-13-7-8-14-41(39)72(42)57-69-55(33-9-3-1-4-10-33)68-56(70-57)34-11-5-2-6-12-34/h1-29H. The molecule has 352 valence electrons. The third-order valence-corrected chi connectivity index (χ3v) is 12.3. The molecule has 11 rings (SSSR count). The van der Waals surface area contributed by atoms with Gasteiger partial charge in [0.15, 0.2) is 58.2 Å². The predicted octanol–water partition coefficient (Wildman–Crippen LogP) is 16.2. The molecule has 9 aromatic carbocycles. The summed E-state index contributed by atoms with van der Waals surface area (Å²) in [7, 11) is 0. The van der Waals surface area contributed by atoms with Crippen LogP contribution in [0.5, 0.6) is 0 Å². The molecule has 15 heteroatoms. The quantitative estimate of drug-likeness (QED) is 0.0821. The van der Waals surface area contributed by atoms with E-state index in [9.17, 15) is 43.9 Å². The highest BCUT2D eigenvalue weighted by molar-refractivity contribution is 6.10. The van der Waals surface area contributed by atoms with Crippen molar-refractivity contribution in [2.45, 2.75) is 0 Å². The van der Waals surface area contributed by atoms with E-state index < -0.39 is 69.3 Å². The summed E-state index contributed by atoms with van der Waals surface area (Å²) in [5, 5.41) is 1.81. The van der Waals surface area contributed by atoms with E-state index in [4.69, 9.17) is 15.0 Å². The first-order valence-corrected chi connectivity index (χ1v) is 21.9. The van der Waals surface area contributed by atoms with Gasteiger partial charge in [-0.05, 0) is 76.9 Å². The van der Waals surface area contributed by atoms with Gasteiger partial charge in [-0.3, -0.25) is 4.57 Å². The number of aromatic nitrogens is 4. The van der Waals surface area contributed by atoms with Crippen LogP contribution in [0.4, 0.5) is 61.0 Å². The van der Waals surface area contributed by atoms with Crippen molar-refractivity contribution in [2.75, 3.05) is 4.90 Å². The van der Waals surface area contributed by atoms with Gasteiger partial charge in [0.05, 0.1) is 22.2 Å². The number of para-hydroxylation sites is 1. The van der Waals surface area contributed by atoms with Crippen molar-refractivity contribution in [1.29, 1.82) is 0 Å². The first-order chi connectivity index (χ1) is 34.9. The van der Waals surface area contributed by atoms with Crippen LogP contribution < -0.4 is 4.90 Å². The normalized spacial score (nSPS) is 11.5. The molecule has 0 saturated heterocycles. The highest BCUT2D eigenvalue weighted by atomic mass is 19.2. The number of hydrogen-bond donors (Lipinski definition) is 0. The van der Waals surface area contributed by atoms with Crippen molar-refractivity contribution in [1.82, 2.24) is 19.5 Å². The van der Waals surface area contributed by atoms with Gasteiger partial charge in [0.25, 0.3) is 0 Å². The van der Waals surface area contributed by atoms with E-state index in [2.05, 4.69) is 0 Å². The van der Waals surface area contributed by atoms with Crippen LogP contribution in [0.15, 0.2) is 176 Å². The average Bonchev–Trinajstić information content (AvgIpc) is 3.76. The summed E-state index contributed by atoms with van der Waals surface area (Å²) in [5.41, 5.74) is 2.87. The van der Waals surface area contributed by atoms with Crippen molar-refractivity contribution in [2.24, 2.45) is 0 Å². The van der Waals surface area contributed by atoms with Gasteiger partial charge in [0, 0.05) is 39.0 Å². The van der Waals surface area contributed by atoms with Crippen LogP contribution in [0.3, 0.4) is 0 Å². The molecular formula is C57H29F10N5. The Kier molecular flexibility index (Phi) is 11.3. The maximum absolute atomic E-state index is 14.9. The number of nitrogens with zero attached hydrogens (tertiary/aromatic N) is 5. The van der Waals surface area contributed by atoms with E-state index in [1.807, 2.05) is 120 Å². The summed E-state index contributed by atoms with van der Waals surface area (Å²) in [5.74, 6) is -19.8. The Labute approximate surface area is 402 Å². The summed E-state index contributed by atoms with van der Waals surface area (Å²) in [4.78, 5) is 16.4. The summed E-state index contributed by atoms with van der Waals surface area (Å²) < 4.78 is 146. The van der Waals surface area contributed by atoms with Crippen LogP contribution in [0.25, 0.3) is 83.9 Å². The first kappa shape index (κ1) is 45.3. The van der Waals surface area contributed by atoms with Crippen molar-refractivity contribution >= 4 is 38.9 Å². The molecule has 0 aliphatic heterocycles. The van der Waals surface area contributed by atoms with Crippen LogP contribution >= 0.6 is 0 Å². The minimum atomic E-state index is -2.31. The minimum Gasteiger partial charge on any atom is -0.311 e. The molecule has 0 radical (unpaired) electrons. The van der Waals surface area contributed by atoms with E-state index in [-0.39, 0.29) is 22.5 Å². The van der Waals surface area contributed by atoms with Crippen LogP contribution in [0.1, 0.15) is 0 Å². The highest BCUT2D eigenvalue weighted by Crippen LogP contribution is 2.41. The molecule has 2 heterocycles. The van der Waals surface area contributed by atoms with E-state index in [0.717, 1.165) is 68.3 Å². The van der Waals surface area contributed by atoms with Gasteiger partial charge in [0.2, 0.25) is 17.6 Å². The fourth-order valence-electron chi connectivity index (χ4n) is 8.79. The smallest absolute Gasteiger partial charge is 0.238 e. The van der Waals surface area contributed by atoms with Crippen molar-refractivity contribution < 1.29 is 43.9 Å². The summed E-state index contributed by atoms with van der Waals surface area (Å²) in [6, 6.07) is 50.1. The second-order valence-corrected chi connectivity index (χ2v) is 16.5. The molecule has 2 aromatic heterocycles. The van der Waals surface area contributed by atoms with Gasteiger partial charge in [0.1, 0.15) is 0 Å². The van der Waals surface area contributed by atoms with Crippen molar-refractivity contribution in [3.63, 3.8) is 0 Å². The maximum Gasteiger partial charge on any atom is 0.238 e.